The van der Waals surface area contributed by atoms with Gasteiger partial charge in [0.15, 0.2) is 0 Å². The van der Waals surface area contributed by atoms with Crippen LogP contribution in [0, 0.1) is 25.7 Å². The van der Waals surface area contributed by atoms with E-state index in [0.29, 0.717) is 11.8 Å². The standard InChI is InChI=1S/C28H26O3/c1-17-7-11-19(12-8-17)27-25-23(21-5-3-15-29-21)24(22-6-4-16-30-22)26(25)28(31-27)20-13-9-18(2)10-14-20/h3-16,23-28H,1-2H3. The Hall–Kier alpha value is -3.04. The Kier molecular flexibility index (Phi) is 4.39. The van der Waals surface area contributed by atoms with Crippen molar-refractivity contribution in [3.63, 3.8) is 0 Å². The van der Waals surface area contributed by atoms with Crippen LogP contribution in [-0.4, -0.2) is 0 Å². The van der Waals surface area contributed by atoms with Gasteiger partial charge in [0.25, 0.3) is 0 Å². The van der Waals surface area contributed by atoms with Crippen LogP contribution in [0.3, 0.4) is 0 Å². The summed E-state index contributed by atoms with van der Waals surface area (Å²) in [5.74, 6) is 3.16. The van der Waals surface area contributed by atoms with Crippen molar-refractivity contribution in [3.05, 3.63) is 119 Å². The largest absolute Gasteiger partial charge is 0.469 e. The summed E-state index contributed by atoms with van der Waals surface area (Å²) in [6, 6.07) is 25.7. The summed E-state index contributed by atoms with van der Waals surface area (Å²) in [5.41, 5.74) is 5.01. The monoisotopic (exact) mass is 410 g/mol. The van der Waals surface area contributed by atoms with Gasteiger partial charge in [0, 0.05) is 23.7 Å². The van der Waals surface area contributed by atoms with Crippen LogP contribution in [0.5, 0.6) is 0 Å². The molecule has 6 atom stereocenters. The Labute approximate surface area is 182 Å². The van der Waals surface area contributed by atoms with Gasteiger partial charge in [-0.2, -0.15) is 0 Å². The third-order valence-corrected chi connectivity index (χ3v) is 7.21. The van der Waals surface area contributed by atoms with E-state index >= 15 is 0 Å². The van der Waals surface area contributed by atoms with Crippen molar-refractivity contribution in [3.8, 4) is 0 Å². The summed E-state index contributed by atoms with van der Waals surface area (Å²) < 4.78 is 18.7. The molecule has 2 aromatic heterocycles. The third-order valence-electron chi connectivity index (χ3n) is 7.21. The van der Waals surface area contributed by atoms with Gasteiger partial charge in [-0.25, -0.2) is 0 Å². The van der Waals surface area contributed by atoms with Crippen LogP contribution < -0.4 is 0 Å². The molecule has 0 amide bonds. The van der Waals surface area contributed by atoms with E-state index in [1.165, 1.54) is 22.3 Å². The lowest BCUT2D eigenvalue weighted by molar-refractivity contribution is 0.0321. The molecule has 3 heteroatoms. The highest BCUT2D eigenvalue weighted by Gasteiger charge is 2.64. The predicted octanol–water partition coefficient (Wildman–Crippen LogP) is 7.12. The Morgan fingerprint density at radius 2 is 0.968 bits per heavy atom. The topological polar surface area (TPSA) is 35.5 Å². The SMILES string of the molecule is Cc1ccc(C2OC(c3ccc(C)cc3)C3C(c4ccco4)C(c4ccco4)C23)cc1. The van der Waals surface area contributed by atoms with Crippen LogP contribution in [0.25, 0.3) is 0 Å². The lowest BCUT2D eigenvalue weighted by atomic mass is 9.52. The third kappa shape index (κ3) is 2.99. The second kappa shape index (κ2) is 7.28. The Morgan fingerprint density at radius 3 is 1.32 bits per heavy atom. The van der Waals surface area contributed by atoms with E-state index in [-0.39, 0.29) is 24.0 Å². The van der Waals surface area contributed by atoms with Gasteiger partial charge in [0.1, 0.15) is 11.5 Å². The molecule has 1 aliphatic heterocycles. The second-order valence-corrected chi connectivity index (χ2v) is 9.04. The van der Waals surface area contributed by atoms with Crippen molar-refractivity contribution in [2.75, 3.05) is 0 Å². The number of aryl methyl sites for hydroxylation is 2. The van der Waals surface area contributed by atoms with E-state index in [1.807, 2.05) is 12.1 Å². The van der Waals surface area contributed by atoms with Crippen LogP contribution in [0.2, 0.25) is 0 Å². The number of fused-ring (bicyclic) bond motifs is 1. The van der Waals surface area contributed by atoms with Gasteiger partial charge in [0.2, 0.25) is 0 Å². The van der Waals surface area contributed by atoms with Gasteiger partial charge in [-0.05, 0) is 49.2 Å². The average Bonchev–Trinajstić information content (AvgIpc) is 3.52. The van der Waals surface area contributed by atoms with Crippen LogP contribution >= 0.6 is 0 Å². The minimum Gasteiger partial charge on any atom is -0.469 e. The highest BCUT2D eigenvalue weighted by molar-refractivity contribution is 5.37. The molecular formula is C28H26O3. The molecule has 4 aromatic rings. The number of rotatable bonds is 4. The molecule has 3 nitrogen and oxygen atoms in total. The molecule has 1 saturated heterocycles. The minimum atomic E-state index is 0.0261. The molecule has 156 valence electrons. The molecule has 0 radical (unpaired) electrons. The second-order valence-electron chi connectivity index (χ2n) is 9.04. The van der Waals surface area contributed by atoms with Crippen LogP contribution in [0.4, 0.5) is 0 Å². The molecule has 31 heavy (non-hydrogen) atoms. The van der Waals surface area contributed by atoms with Crippen molar-refractivity contribution >= 4 is 0 Å². The normalized spacial score (nSPS) is 29.5. The maximum Gasteiger partial charge on any atom is 0.107 e. The first-order chi connectivity index (χ1) is 15.2. The van der Waals surface area contributed by atoms with Crippen LogP contribution in [-0.2, 0) is 4.74 Å². The van der Waals surface area contributed by atoms with E-state index < -0.39 is 0 Å². The van der Waals surface area contributed by atoms with Crippen molar-refractivity contribution in [2.24, 2.45) is 11.8 Å². The molecule has 6 rings (SSSR count). The fraction of sp³-hybridized carbons (Fsp3) is 0.286. The molecule has 3 heterocycles. The molecule has 0 spiro atoms. The number of ether oxygens (including phenoxy) is 1. The maximum absolute atomic E-state index is 6.87. The maximum atomic E-state index is 6.87. The fourth-order valence-electron chi connectivity index (χ4n) is 5.74. The number of furan rings is 2. The highest BCUT2D eigenvalue weighted by atomic mass is 16.5. The van der Waals surface area contributed by atoms with Gasteiger partial charge in [0.05, 0.1) is 24.7 Å². The first-order valence-electron chi connectivity index (χ1n) is 11.1. The zero-order valence-corrected chi connectivity index (χ0v) is 17.8. The van der Waals surface area contributed by atoms with E-state index in [0.717, 1.165) is 11.5 Å². The van der Waals surface area contributed by atoms with E-state index in [1.54, 1.807) is 12.5 Å². The predicted molar refractivity (Wildman–Crippen MR) is 119 cm³/mol. The quantitative estimate of drug-likeness (QED) is 0.359. The summed E-state index contributed by atoms with van der Waals surface area (Å²) >= 11 is 0. The van der Waals surface area contributed by atoms with E-state index in [9.17, 15) is 0 Å². The molecule has 6 unspecified atom stereocenters. The Balaban J connectivity index is 1.46. The first kappa shape index (κ1) is 18.7. The summed E-state index contributed by atoms with van der Waals surface area (Å²) in [7, 11) is 0. The van der Waals surface area contributed by atoms with Gasteiger partial charge in [-0.15, -0.1) is 0 Å². The zero-order chi connectivity index (χ0) is 20.9. The van der Waals surface area contributed by atoms with Gasteiger partial charge in [-0.1, -0.05) is 59.7 Å². The smallest absolute Gasteiger partial charge is 0.107 e. The summed E-state index contributed by atoms with van der Waals surface area (Å²) in [6.45, 7) is 4.25. The minimum absolute atomic E-state index is 0.0261. The van der Waals surface area contributed by atoms with Crippen LogP contribution in [0.1, 0.15) is 57.8 Å². The molecule has 0 bridgehead atoms. The molecular weight excluding hydrogens is 384 g/mol. The summed E-state index contributed by atoms with van der Waals surface area (Å²) in [6.07, 6.45) is 3.60. The van der Waals surface area contributed by atoms with Crippen molar-refractivity contribution < 1.29 is 13.6 Å². The Morgan fingerprint density at radius 1 is 0.548 bits per heavy atom. The van der Waals surface area contributed by atoms with Crippen molar-refractivity contribution in [2.45, 2.75) is 37.9 Å². The van der Waals surface area contributed by atoms with E-state index in [4.69, 9.17) is 13.6 Å². The molecule has 2 fully saturated rings. The van der Waals surface area contributed by atoms with Gasteiger partial charge >= 0.3 is 0 Å². The average molecular weight is 411 g/mol. The number of benzene rings is 2. The lowest BCUT2D eigenvalue weighted by Crippen LogP contribution is -2.43. The van der Waals surface area contributed by atoms with E-state index in [2.05, 4.69) is 74.5 Å². The molecule has 2 aliphatic rings. The van der Waals surface area contributed by atoms with Crippen molar-refractivity contribution in [1.29, 1.82) is 0 Å². The lowest BCUT2D eigenvalue weighted by Gasteiger charge is -2.48. The zero-order valence-electron chi connectivity index (χ0n) is 17.8. The molecule has 2 aromatic carbocycles. The first-order valence-corrected chi connectivity index (χ1v) is 11.1. The molecule has 1 aliphatic carbocycles. The van der Waals surface area contributed by atoms with Gasteiger partial charge < -0.3 is 13.6 Å². The highest BCUT2D eigenvalue weighted by Crippen LogP contribution is 2.71. The summed E-state index contributed by atoms with van der Waals surface area (Å²) in [5, 5.41) is 0. The van der Waals surface area contributed by atoms with Gasteiger partial charge in [-0.3, -0.25) is 0 Å². The molecule has 0 N–H and O–H groups in total. The Bertz CT molecular complexity index is 1050. The number of hydrogen-bond donors (Lipinski definition) is 0. The molecule has 1 saturated carbocycles. The number of hydrogen-bond acceptors (Lipinski definition) is 3. The summed E-state index contributed by atoms with van der Waals surface area (Å²) in [4.78, 5) is 0. The fourth-order valence-corrected chi connectivity index (χ4v) is 5.74. The van der Waals surface area contributed by atoms with Crippen molar-refractivity contribution in [1.82, 2.24) is 0 Å². The van der Waals surface area contributed by atoms with Crippen LogP contribution in [0.15, 0.2) is 94.2 Å².